The second kappa shape index (κ2) is 6.94. The van der Waals surface area contributed by atoms with Gasteiger partial charge < -0.3 is 9.80 Å². The van der Waals surface area contributed by atoms with E-state index >= 15 is 0 Å². The van der Waals surface area contributed by atoms with Crippen LogP contribution in [0.25, 0.3) is 5.65 Å². The molecule has 3 aromatic rings. The topological polar surface area (TPSA) is 101 Å². The van der Waals surface area contributed by atoms with Crippen molar-refractivity contribution in [2.75, 3.05) is 26.2 Å². The first kappa shape index (κ1) is 16.8. The van der Waals surface area contributed by atoms with E-state index in [9.17, 15) is 14.4 Å². The van der Waals surface area contributed by atoms with Crippen LogP contribution in [0.5, 0.6) is 0 Å². The molecular formula is C18H16N6O3. The number of rotatable bonds is 2. The number of carbonyl (C=O) groups excluding carboxylic acids is 2. The maximum atomic E-state index is 12.8. The van der Waals surface area contributed by atoms with Crippen LogP contribution in [0.15, 0.2) is 54.0 Å². The maximum absolute atomic E-state index is 12.8. The van der Waals surface area contributed by atoms with E-state index in [4.69, 9.17) is 0 Å². The Bertz CT molecular complexity index is 1060. The molecule has 9 nitrogen and oxygen atoms in total. The third kappa shape index (κ3) is 3.14. The third-order valence-corrected chi connectivity index (χ3v) is 4.48. The highest BCUT2D eigenvalue weighted by molar-refractivity contribution is 5.94. The molecular weight excluding hydrogens is 348 g/mol. The average Bonchev–Trinajstić information content (AvgIpc) is 2.74. The third-order valence-electron chi connectivity index (χ3n) is 4.48. The van der Waals surface area contributed by atoms with Crippen LogP contribution >= 0.6 is 0 Å². The fourth-order valence-electron chi connectivity index (χ4n) is 3.03. The minimum absolute atomic E-state index is 0.0207. The lowest BCUT2D eigenvalue weighted by molar-refractivity contribution is 0.0530. The van der Waals surface area contributed by atoms with E-state index in [0.29, 0.717) is 31.8 Å². The normalized spacial score (nSPS) is 14.4. The van der Waals surface area contributed by atoms with Crippen LogP contribution in [0.3, 0.4) is 0 Å². The van der Waals surface area contributed by atoms with Gasteiger partial charge in [-0.15, -0.1) is 0 Å². The van der Waals surface area contributed by atoms with E-state index in [2.05, 4.69) is 15.0 Å². The van der Waals surface area contributed by atoms with Gasteiger partial charge in [-0.25, -0.2) is 9.97 Å². The van der Waals surface area contributed by atoms with Gasteiger partial charge in [0.25, 0.3) is 17.4 Å². The molecule has 0 saturated carbocycles. The van der Waals surface area contributed by atoms with Crippen molar-refractivity contribution in [3.05, 3.63) is 70.8 Å². The molecule has 4 rings (SSSR count). The van der Waals surface area contributed by atoms with Crippen molar-refractivity contribution in [3.8, 4) is 0 Å². The summed E-state index contributed by atoms with van der Waals surface area (Å²) in [6, 6.07) is 5.18. The highest BCUT2D eigenvalue weighted by Gasteiger charge is 2.27. The molecule has 1 fully saturated rings. The number of fused-ring (bicyclic) bond motifs is 1. The van der Waals surface area contributed by atoms with E-state index in [1.165, 1.54) is 29.2 Å². The Morgan fingerprint density at radius 3 is 2.33 bits per heavy atom. The van der Waals surface area contributed by atoms with E-state index in [-0.39, 0.29) is 23.1 Å². The fraction of sp³-hybridized carbons (Fsp3) is 0.222. The molecule has 27 heavy (non-hydrogen) atoms. The lowest BCUT2D eigenvalue weighted by Gasteiger charge is -2.34. The summed E-state index contributed by atoms with van der Waals surface area (Å²) in [5.74, 6) is -0.597. The van der Waals surface area contributed by atoms with Gasteiger partial charge in [-0.05, 0) is 12.1 Å². The number of hydrogen-bond donors (Lipinski definition) is 0. The van der Waals surface area contributed by atoms with E-state index in [1.807, 2.05) is 0 Å². The molecule has 0 bridgehead atoms. The summed E-state index contributed by atoms with van der Waals surface area (Å²) >= 11 is 0. The summed E-state index contributed by atoms with van der Waals surface area (Å²) in [4.78, 5) is 53.0. The molecule has 1 aliphatic rings. The second-order valence-corrected chi connectivity index (χ2v) is 6.08. The fourth-order valence-corrected chi connectivity index (χ4v) is 3.03. The lowest BCUT2D eigenvalue weighted by Crippen LogP contribution is -2.51. The zero-order chi connectivity index (χ0) is 18.8. The van der Waals surface area contributed by atoms with Crippen molar-refractivity contribution in [2.24, 2.45) is 0 Å². The molecule has 0 atom stereocenters. The summed E-state index contributed by atoms with van der Waals surface area (Å²) in [5, 5.41) is 0. The Kier molecular flexibility index (Phi) is 4.33. The molecule has 1 saturated heterocycles. The van der Waals surface area contributed by atoms with Gasteiger partial charge in [-0.2, -0.15) is 0 Å². The summed E-state index contributed by atoms with van der Waals surface area (Å²) in [5.41, 5.74) is 0.378. The van der Waals surface area contributed by atoms with Crippen LogP contribution in [0, 0.1) is 0 Å². The lowest BCUT2D eigenvalue weighted by atomic mass is 10.2. The first-order chi connectivity index (χ1) is 13.1. The van der Waals surface area contributed by atoms with Gasteiger partial charge in [0.2, 0.25) is 0 Å². The molecule has 0 N–H and O–H groups in total. The maximum Gasteiger partial charge on any atom is 0.274 e. The predicted octanol–water partition coefficient (Wildman–Crippen LogP) is 0.0827. The number of hydrogen-bond acceptors (Lipinski definition) is 6. The van der Waals surface area contributed by atoms with Crippen molar-refractivity contribution in [1.29, 1.82) is 0 Å². The van der Waals surface area contributed by atoms with Gasteiger partial charge in [0.15, 0.2) is 0 Å². The number of carbonyl (C=O) groups is 2. The molecule has 3 aromatic heterocycles. The summed E-state index contributed by atoms with van der Waals surface area (Å²) in [6.45, 7) is 1.40. The number of piperazine rings is 1. The van der Waals surface area contributed by atoms with Gasteiger partial charge in [0, 0.05) is 51.0 Å². The molecule has 0 unspecified atom stereocenters. The van der Waals surface area contributed by atoms with Crippen LogP contribution in [0.4, 0.5) is 0 Å². The highest BCUT2D eigenvalue weighted by atomic mass is 16.2. The Morgan fingerprint density at radius 2 is 1.63 bits per heavy atom. The molecule has 0 spiro atoms. The van der Waals surface area contributed by atoms with Gasteiger partial charge in [0.1, 0.15) is 16.9 Å². The zero-order valence-electron chi connectivity index (χ0n) is 14.4. The highest BCUT2D eigenvalue weighted by Crippen LogP contribution is 2.09. The predicted molar refractivity (Wildman–Crippen MR) is 95.3 cm³/mol. The molecule has 0 radical (unpaired) electrons. The first-order valence-corrected chi connectivity index (χ1v) is 8.46. The number of nitrogens with zero attached hydrogens (tertiary/aromatic N) is 6. The Labute approximate surface area is 153 Å². The standard InChI is InChI=1S/C18H16N6O3/c25-16(13-11-21-15-3-1-2-6-24(15)17(13)26)22-7-9-23(10-8-22)18(27)14-12-19-4-5-20-14/h1-6,11-12H,7-10H2. The van der Waals surface area contributed by atoms with Crippen molar-refractivity contribution < 1.29 is 9.59 Å². The van der Waals surface area contributed by atoms with Crippen molar-refractivity contribution in [2.45, 2.75) is 0 Å². The number of amides is 2. The number of aromatic nitrogens is 4. The molecule has 136 valence electrons. The van der Waals surface area contributed by atoms with E-state index < -0.39 is 5.56 Å². The monoisotopic (exact) mass is 364 g/mol. The van der Waals surface area contributed by atoms with Crippen LogP contribution in [0.2, 0.25) is 0 Å². The van der Waals surface area contributed by atoms with Crippen molar-refractivity contribution in [1.82, 2.24) is 29.2 Å². The van der Waals surface area contributed by atoms with Crippen molar-refractivity contribution in [3.63, 3.8) is 0 Å². The van der Waals surface area contributed by atoms with Crippen LogP contribution in [-0.4, -0.2) is 67.1 Å². The summed E-state index contributed by atoms with van der Waals surface area (Å²) < 4.78 is 1.35. The molecule has 0 aliphatic carbocycles. The van der Waals surface area contributed by atoms with Crippen LogP contribution < -0.4 is 5.56 Å². The molecule has 1 aliphatic heterocycles. The van der Waals surface area contributed by atoms with Gasteiger partial charge in [-0.1, -0.05) is 6.07 Å². The smallest absolute Gasteiger partial charge is 0.274 e. The van der Waals surface area contributed by atoms with Gasteiger partial charge in [0.05, 0.1) is 6.20 Å². The molecule has 2 amide bonds. The summed E-state index contributed by atoms with van der Waals surface area (Å²) in [7, 11) is 0. The van der Waals surface area contributed by atoms with Crippen LogP contribution in [0.1, 0.15) is 20.8 Å². The van der Waals surface area contributed by atoms with E-state index in [0.717, 1.165) is 0 Å². The molecule has 9 heteroatoms. The van der Waals surface area contributed by atoms with E-state index in [1.54, 1.807) is 34.2 Å². The van der Waals surface area contributed by atoms with Crippen molar-refractivity contribution >= 4 is 17.5 Å². The minimum Gasteiger partial charge on any atom is -0.335 e. The SMILES string of the molecule is O=C(c1cnccn1)N1CCN(C(=O)c2cnc3ccccn3c2=O)CC1. The molecule has 0 aromatic carbocycles. The Balaban J connectivity index is 1.49. The quantitative estimate of drug-likeness (QED) is 0.638. The Morgan fingerprint density at radius 1 is 0.889 bits per heavy atom. The average molecular weight is 364 g/mol. The van der Waals surface area contributed by atoms with Crippen LogP contribution in [-0.2, 0) is 0 Å². The molecule has 4 heterocycles. The zero-order valence-corrected chi connectivity index (χ0v) is 14.4. The van der Waals surface area contributed by atoms with Gasteiger partial charge in [-0.3, -0.25) is 23.8 Å². The number of pyridine rings is 1. The Hall–Kier alpha value is -3.62. The minimum atomic E-state index is -0.399. The first-order valence-electron chi connectivity index (χ1n) is 8.46. The van der Waals surface area contributed by atoms with Gasteiger partial charge >= 0.3 is 0 Å². The largest absolute Gasteiger partial charge is 0.335 e. The second-order valence-electron chi connectivity index (χ2n) is 6.08. The summed E-state index contributed by atoms with van der Waals surface area (Å²) in [6.07, 6.45) is 7.29.